The number of nitrogens with one attached hydrogen (secondary N) is 3. The molecule has 1 aliphatic carbocycles. The Kier molecular flexibility index (Phi) is 4.77. The van der Waals surface area contributed by atoms with Gasteiger partial charge in [-0.1, -0.05) is 18.2 Å². The van der Waals surface area contributed by atoms with Crippen LogP contribution in [0, 0.1) is 11.8 Å². The number of hydrogen-bond acceptors (Lipinski definition) is 3. The second kappa shape index (κ2) is 7.18. The van der Waals surface area contributed by atoms with E-state index in [-0.39, 0.29) is 18.1 Å². The van der Waals surface area contributed by atoms with Gasteiger partial charge in [0.1, 0.15) is 0 Å². The van der Waals surface area contributed by atoms with Crippen LogP contribution in [0.4, 0.5) is 0 Å². The standard InChI is InChI=1S/C20H27N3O2/c24-16-9-14(10-16)20(13-5-7-21-8-6-13)23-19(25)11-15-12-22-18-4-2-1-3-17(15)18/h1-4,12-14,16,20-22,24H,5-11H2,(H,23,25)/t14?,16?,20-/m0/s1. The lowest BCUT2D eigenvalue weighted by Crippen LogP contribution is -2.53. The maximum atomic E-state index is 12.7. The van der Waals surface area contributed by atoms with Crippen molar-refractivity contribution in [3.63, 3.8) is 0 Å². The third-order valence-electron chi connectivity index (χ3n) is 5.90. The van der Waals surface area contributed by atoms with E-state index in [2.05, 4.69) is 21.7 Å². The topological polar surface area (TPSA) is 77.2 Å². The van der Waals surface area contributed by atoms with Gasteiger partial charge in [0.2, 0.25) is 5.91 Å². The highest BCUT2D eigenvalue weighted by Gasteiger charge is 2.39. The minimum absolute atomic E-state index is 0.0923. The summed E-state index contributed by atoms with van der Waals surface area (Å²) in [5, 5.41) is 17.5. The Labute approximate surface area is 148 Å². The number of aliphatic hydroxyl groups is 1. The number of piperidine rings is 1. The normalized spacial score (nSPS) is 25.5. The summed E-state index contributed by atoms with van der Waals surface area (Å²) < 4.78 is 0. The van der Waals surface area contributed by atoms with Gasteiger partial charge in [0, 0.05) is 23.1 Å². The number of aliphatic hydroxyl groups excluding tert-OH is 1. The summed E-state index contributed by atoms with van der Waals surface area (Å²) in [6, 6.07) is 8.29. The number of H-pyrrole nitrogens is 1. The summed E-state index contributed by atoms with van der Waals surface area (Å²) >= 11 is 0. The van der Waals surface area contributed by atoms with Crippen molar-refractivity contribution < 1.29 is 9.90 Å². The fourth-order valence-corrected chi connectivity index (χ4v) is 4.43. The number of aromatic amines is 1. The average molecular weight is 341 g/mol. The summed E-state index contributed by atoms with van der Waals surface area (Å²) in [5.74, 6) is 1.03. The second-order valence-corrected chi connectivity index (χ2v) is 7.60. The molecular weight excluding hydrogens is 314 g/mol. The first-order valence-electron chi connectivity index (χ1n) is 9.44. The molecule has 134 valence electrons. The Morgan fingerprint density at radius 2 is 1.96 bits per heavy atom. The molecular formula is C20H27N3O2. The number of benzene rings is 1. The quantitative estimate of drug-likeness (QED) is 0.671. The molecule has 5 heteroatoms. The van der Waals surface area contributed by atoms with Crippen molar-refractivity contribution in [2.24, 2.45) is 11.8 Å². The summed E-state index contributed by atoms with van der Waals surface area (Å²) in [6.07, 6.45) is 6.01. The molecule has 1 aromatic carbocycles. The predicted octanol–water partition coefficient (Wildman–Crippen LogP) is 1.97. The van der Waals surface area contributed by atoms with Gasteiger partial charge in [-0.3, -0.25) is 4.79 Å². The van der Waals surface area contributed by atoms with Crippen molar-refractivity contribution in [3.8, 4) is 0 Å². The highest BCUT2D eigenvalue weighted by atomic mass is 16.3. The van der Waals surface area contributed by atoms with Crippen molar-refractivity contribution in [2.45, 2.75) is 44.2 Å². The highest BCUT2D eigenvalue weighted by Crippen LogP contribution is 2.35. The van der Waals surface area contributed by atoms with Gasteiger partial charge in [0.25, 0.3) is 0 Å². The van der Waals surface area contributed by atoms with Crippen LogP contribution in [-0.2, 0) is 11.2 Å². The molecule has 2 heterocycles. The molecule has 0 unspecified atom stereocenters. The third kappa shape index (κ3) is 3.58. The van der Waals surface area contributed by atoms with E-state index in [1.807, 2.05) is 24.4 Å². The summed E-state index contributed by atoms with van der Waals surface area (Å²) in [7, 11) is 0. The Balaban J connectivity index is 1.44. The predicted molar refractivity (Wildman–Crippen MR) is 98.3 cm³/mol. The maximum absolute atomic E-state index is 12.7. The van der Waals surface area contributed by atoms with Crippen LogP contribution < -0.4 is 10.6 Å². The van der Waals surface area contributed by atoms with Crippen LogP contribution in [-0.4, -0.2) is 41.2 Å². The van der Waals surface area contributed by atoms with Crippen molar-refractivity contribution >= 4 is 16.8 Å². The van der Waals surface area contributed by atoms with E-state index in [4.69, 9.17) is 0 Å². The van der Waals surface area contributed by atoms with Gasteiger partial charge < -0.3 is 20.7 Å². The first-order valence-corrected chi connectivity index (χ1v) is 9.44. The second-order valence-electron chi connectivity index (χ2n) is 7.60. The van der Waals surface area contributed by atoms with Gasteiger partial charge in [-0.2, -0.15) is 0 Å². The number of fused-ring (bicyclic) bond motifs is 1. The van der Waals surface area contributed by atoms with Crippen molar-refractivity contribution in [1.82, 2.24) is 15.6 Å². The summed E-state index contributed by atoms with van der Waals surface area (Å²) in [4.78, 5) is 16.0. The third-order valence-corrected chi connectivity index (χ3v) is 5.90. The Hall–Kier alpha value is -1.85. The van der Waals surface area contributed by atoms with E-state index >= 15 is 0 Å². The zero-order valence-corrected chi connectivity index (χ0v) is 14.5. The molecule has 25 heavy (non-hydrogen) atoms. The highest BCUT2D eigenvalue weighted by molar-refractivity contribution is 5.88. The smallest absolute Gasteiger partial charge is 0.224 e. The van der Waals surface area contributed by atoms with E-state index in [0.29, 0.717) is 18.3 Å². The first kappa shape index (κ1) is 16.6. The lowest BCUT2D eigenvalue weighted by Gasteiger charge is -2.43. The largest absolute Gasteiger partial charge is 0.393 e. The molecule has 1 saturated heterocycles. The van der Waals surface area contributed by atoms with Gasteiger partial charge >= 0.3 is 0 Å². The first-order chi connectivity index (χ1) is 12.2. The van der Waals surface area contributed by atoms with Crippen molar-refractivity contribution in [2.75, 3.05) is 13.1 Å². The molecule has 5 nitrogen and oxygen atoms in total. The fraction of sp³-hybridized carbons (Fsp3) is 0.550. The molecule has 1 saturated carbocycles. The van der Waals surface area contributed by atoms with Gasteiger partial charge in [0.05, 0.1) is 12.5 Å². The zero-order valence-electron chi connectivity index (χ0n) is 14.5. The number of hydrogen-bond donors (Lipinski definition) is 4. The molecule has 1 atom stereocenters. The van der Waals surface area contributed by atoms with Gasteiger partial charge in [-0.15, -0.1) is 0 Å². The number of carbonyl (C=O) groups excluding carboxylic acids is 1. The molecule has 1 aliphatic heterocycles. The monoisotopic (exact) mass is 341 g/mol. The van der Waals surface area contributed by atoms with Gasteiger partial charge in [0.15, 0.2) is 0 Å². The van der Waals surface area contributed by atoms with Crippen LogP contribution in [0.3, 0.4) is 0 Å². The van der Waals surface area contributed by atoms with E-state index in [0.717, 1.165) is 55.2 Å². The van der Waals surface area contributed by atoms with E-state index in [1.54, 1.807) is 0 Å². The molecule has 1 aromatic heterocycles. The number of amides is 1. The number of para-hydroxylation sites is 1. The Morgan fingerprint density at radius 3 is 2.72 bits per heavy atom. The molecule has 4 N–H and O–H groups in total. The Morgan fingerprint density at radius 1 is 1.20 bits per heavy atom. The van der Waals surface area contributed by atoms with E-state index in [1.165, 1.54) is 0 Å². The van der Waals surface area contributed by atoms with Crippen molar-refractivity contribution in [3.05, 3.63) is 36.0 Å². The molecule has 0 radical (unpaired) electrons. The molecule has 2 aromatic rings. The maximum Gasteiger partial charge on any atom is 0.224 e. The SMILES string of the molecule is O=C(Cc1c[nH]c2ccccc12)N[C@@H](C1CCNCC1)C1CC(O)C1. The summed E-state index contributed by atoms with van der Waals surface area (Å²) in [5.41, 5.74) is 2.12. The van der Waals surface area contributed by atoms with Crippen LogP contribution in [0.1, 0.15) is 31.2 Å². The van der Waals surface area contributed by atoms with E-state index < -0.39 is 0 Å². The molecule has 0 spiro atoms. The Bertz CT molecular complexity index is 729. The van der Waals surface area contributed by atoms with Gasteiger partial charge in [-0.25, -0.2) is 0 Å². The number of aromatic nitrogens is 1. The van der Waals surface area contributed by atoms with Crippen LogP contribution in [0.2, 0.25) is 0 Å². The lowest BCUT2D eigenvalue weighted by molar-refractivity contribution is -0.123. The van der Waals surface area contributed by atoms with Gasteiger partial charge in [-0.05, 0) is 62.2 Å². The van der Waals surface area contributed by atoms with Crippen LogP contribution >= 0.6 is 0 Å². The van der Waals surface area contributed by atoms with Crippen molar-refractivity contribution in [1.29, 1.82) is 0 Å². The van der Waals surface area contributed by atoms with E-state index in [9.17, 15) is 9.90 Å². The zero-order chi connectivity index (χ0) is 17.2. The molecule has 4 rings (SSSR count). The van der Waals surface area contributed by atoms with Crippen LogP contribution in [0.15, 0.2) is 30.5 Å². The number of carbonyl (C=O) groups is 1. The molecule has 0 bridgehead atoms. The lowest BCUT2D eigenvalue weighted by atomic mass is 9.71. The fourth-order valence-electron chi connectivity index (χ4n) is 4.43. The van der Waals surface area contributed by atoms with Crippen LogP contribution in [0.25, 0.3) is 10.9 Å². The number of rotatable bonds is 5. The molecule has 2 fully saturated rings. The minimum Gasteiger partial charge on any atom is -0.393 e. The molecule has 2 aliphatic rings. The van der Waals surface area contributed by atoms with Crippen LogP contribution in [0.5, 0.6) is 0 Å². The minimum atomic E-state index is -0.181. The molecule has 1 amide bonds. The average Bonchev–Trinajstić information content (AvgIpc) is 3.01. The summed E-state index contributed by atoms with van der Waals surface area (Å²) in [6.45, 7) is 2.05.